The van der Waals surface area contributed by atoms with E-state index in [2.05, 4.69) is 131 Å². The molecule has 0 fully saturated rings. The maximum atomic E-state index is 4.45. The summed E-state index contributed by atoms with van der Waals surface area (Å²) in [5.74, 6) is 0.265. The molecule has 198 valence electrons. The molecule has 2 nitrogen and oxygen atoms in total. The second kappa shape index (κ2) is 15.1. The molecule has 0 bridgehead atoms. The number of aryl methyl sites for hydroxylation is 2. The number of hydrogen-bond donors (Lipinski definition) is 2. The largest absolute Gasteiger partial charge is 0.380 e. The fourth-order valence-corrected chi connectivity index (χ4v) is 4.15. The normalized spacial score (nSPS) is 13.7. The van der Waals surface area contributed by atoms with Gasteiger partial charge in [-0.25, -0.2) is 0 Å². The molecule has 37 heavy (non-hydrogen) atoms. The van der Waals surface area contributed by atoms with Crippen molar-refractivity contribution in [3.05, 3.63) is 132 Å². The van der Waals surface area contributed by atoms with Crippen LogP contribution in [0.25, 0.3) is 0 Å². The maximum absolute atomic E-state index is 4.45. The third kappa shape index (κ3) is 10.3. The van der Waals surface area contributed by atoms with Crippen LogP contribution in [0.5, 0.6) is 0 Å². The van der Waals surface area contributed by atoms with Crippen LogP contribution in [0.2, 0.25) is 0 Å². The highest BCUT2D eigenvalue weighted by Crippen LogP contribution is 2.25. The number of allylic oxidation sites excluding steroid dienone is 5. The average molecular weight is 497 g/mol. The Morgan fingerprint density at radius 3 is 2.22 bits per heavy atom. The van der Waals surface area contributed by atoms with Crippen molar-refractivity contribution in [2.45, 2.75) is 78.7 Å². The van der Waals surface area contributed by atoms with Crippen molar-refractivity contribution in [3.8, 4) is 0 Å². The molecule has 2 aromatic rings. The first-order valence-corrected chi connectivity index (χ1v) is 13.7. The zero-order valence-electron chi connectivity index (χ0n) is 23.8. The van der Waals surface area contributed by atoms with Gasteiger partial charge >= 0.3 is 0 Å². The van der Waals surface area contributed by atoms with Gasteiger partial charge in [0.1, 0.15) is 0 Å². The van der Waals surface area contributed by atoms with Crippen molar-refractivity contribution >= 4 is 0 Å². The smallest absolute Gasteiger partial charge is 0.0654 e. The molecule has 0 aliphatic carbocycles. The summed E-state index contributed by atoms with van der Waals surface area (Å²) in [7, 11) is 0. The van der Waals surface area contributed by atoms with Gasteiger partial charge in [0.25, 0.3) is 0 Å². The average Bonchev–Trinajstić information content (AvgIpc) is 2.88. The zero-order valence-corrected chi connectivity index (χ0v) is 23.8. The molecule has 2 N–H and O–H groups in total. The predicted molar refractivity (Wildman–Crippen MR) is 163 cm³/mol. The molecule has 0 amide bonds. The van der Waals surface area contributed by atoms with Crippen molar-refractivity contribution in [1.82, 2.24) is 10.6 Å². The molecule has 2 rings (SSSR count). The Bertz CT molecular complexity index is 1050. The number of hydrogen-bond acceptors (Lipinski definition) is 2. The molecule has 0 aromatic heterocycles. The molecule has 0 saturated heterocycles. The molecule has 2 unspecified atom stereocenters. The van der Waals surface area contributed by atoms with Gasteiger partial charge in [0.2, 0.25) is 0 Å². The van der Waals surface area contributed by atoms with E-state index in [0.29, 0.717) is 0 Å². The fraction of sp³-hybridized carbons (Fsp3) is 0.371. The van der Waals surface area contributed by atoms with Crippen molar-refractivity contribution < 1.29 is 0 Å². The first kappa shape index (κ1) is 30.0. The number of rotatable bonds is 15. The Kier molecular flexibility index (Phi) is 12.2. The minimum Gasteiger partial charge on any atom is -0.380 e. The molecule has 0 aliphatic rings. The van der Waals surface area contributed by atoms with E-state index in [9.17, 15) is 0 Å². The molecular formula is C35H48N2. The Balaban J connectivity index is 2.13. The van der Waals surface area contributed by atoms with E-state index in [1.54, 1.807) is 0 Å². The monoisotopic (exact) mass is 496 g/mol. The Hall–Kier alpha value is -3.26. The summed E-state index contributed by atoms with van der Waals surface area (Å²) in [4.78, 5) is 0. The molecule has 0 aliphatic heterocycles. The Labute approximate surface area is 227 Å². The highest BCUT2D eigenvalue weighted by Gasteiger charge is 2.20. The molecule has 0 radical (unpaired) electrons. The van der Waals surface area contributed by atoms with Crippen molar-refractivity contribution in [2.75, 3.05) is 0 Å². The van der Waals surface area contributed by atoms with Gasteiger partial charge in [0, 0.05) is 28.4 Å². The maximum Gasteiger partial charge on any atom is 0.0654 e. The van der Waals surface area contributed by atoms with Gasteiger partial charge in [0.15, 0.2) is 0 Å². The summed E-state index contributed by atoms with van der Waals surface area (Å²) in [5, 5.41) is 7.29. The van der Waals surface area contributed by atoms with Gasteiger partial charge in [-0.3, -0.25) is 0 Å². The van der Waals surface area contributed by atoms with Crippen LogP contribution in [0.4, 0.5) is 0 Å². The van der Waals surface area contributed by atoms with E-state index >= 15 is 0 Å². The topological polar surface area (TPSA) is 24.1 Å². The van der Waals surface area contributed by atoms with Crippen LogP contribution >= 0.6 is 0 Å². The van der Waals surface area contributed by atoms with Crippen LogP contribution in [0.15, 0.2) is 116 Å². The highest BCUT2D eigenvalue weighted by molar-refractivity contribution is 5.30. The molecule has 2 heteroatoms. The van der Waals surface area contributed by atoms with Gasteiger partial charge in [-0.2, -0.15) is 0 Å². The minimum absolute atomic E-state index is 0.0234. The molecule has 0 saturated carbocycles. The van der Waals surface area contributed by atoms with E-state index in [4.69, 9.17) is 0 Å². The van der Waals surface area contributed by atoms with E-state index in [0.717, 1.165) is 49.2 Å². The molecular weight excluding hydrogens is 448 g/mol. The van der Waals surface area contributed by atoms with Crippen LogP contribution < -0.4 is 10.6 Å². The lowest BCUT2D eigenvalue weighted by molar-refractivity contribution is 0.426. The third-order valence-corrected chi connectivity index (χ3v) is 6.82. The highest BCUT2D eigenvalue weighted by atomic mass is 15.0. The molecule has 0 heterocycles. The number of nitrogens with one attached hydrogen (secondary N) is 2. The van der Waals surface area contributed by atoms with Crippen LogP contribution in [0.1, 0.15) is 76.5 Å². The first-order valence-electron chi connectivity index (χ1n) is 13.7. The van der Waals surface area contributed by atoms with E-state index in [1.165, 1.54) is 16.7 Å². The quantitative estimate of drug-likeness (QED) is 0.190. The van der Waals surface area contributed by atoms with Crippen molar-refractivity contribution in [1.29, 1.82) is 0 Å². The summed E-state index contributed by atoms with van der Waals surface area (Å²) >= 11 is 0. The Morgan fingerprint density at radius 2 is 1.65 bits per heavy atom. The van der Waals surface area contributed by atoms with Crippen molar-refractivity contribution in [3.63, 3.8) is 0 Å². The predicted octanol–water partition coefficient (Wildman–Crippen LogP) is 9.01. The van der Waals surface area contributed by atoms with Gasteiger partial charge in [-0.15, -0.1) is 6.58 Å². The summed E-state index contributed by atoms with van der Waals surface area (Å²) in [6, 6.07) is 19.7. The van der Waals surface area contributed by atoms with Crippen LogP contribution in [0.3, 0.4) is 0 Å². The van der Waals surface area contributed by atoms with Crippen molar-refractivity contribution in [2.24, 2.45) is 5.41 Å². The van der Waals surface area contributed by atoms with Gasteiger partial charge in [0.05, 0.1) is 6.04 Å². The van der Waals surface area contributed by atoms with Gasteiger partial charge in [-0.1, -0.05) is 114 Å². The second-order valence-corrected chi connectivity index (χ2v) is 10.8. The summed E-state index contributed by atoms with van der Waals surface area (Å²) < 4.78 is 0. The van der Waals surface area contributed by atoms with Crippen LogP contribution in [-0.2, 0) is 12.8 Å². The SMILES string of the molecule is C=CC(C/C=C(\C=C/C)NC(=C)C(CCCc1ccccc1)NC(=C)C(C)(C)C)c1ccc(CC)cc1. The number of benzene rings is 2. The van der Waals surface area contributed by atoms with Gasteiger partial charge in [-0.05, 0) is 61.8 Å². The Morgan fingerprint density at radius 1 is 0.973 bits per heavy atom. The first-order chi connectivity index (χ1) is 17.7. The molecule has 0 spiro atoms. The van der Waals surface area contributed by atoms with E-state index in [1.807, 2.05) is 13.0 Å². The van der Waals surface area contributed by atoms with E-state index in [-0.39, 0.29) is 17.4 Å². The lowest BCUT2D eigenvalue weighted by Crippen LogP contribution is -2.38. The summed E-state index contributed by atoms with van der Waals surface area (Å²) in [6.07, 6.45) is 13.5. The van der Waals surface area contributed by atoms with Crippen LogP contribution in [-0.4, -0.2) is 6.04 Å². The fourth-order valence-electron chi connectivity index (χ4n) is 4.15. The summed E-state index contributed by atoms with van der Waals surface area (Å²) in [5.41, 5.74) is 7.04. The van der Waals surface area contributed by atoms with Crippen LogP contribution in [0, 0.1) is 5.41 Å². The minimum atomic E-state index is -0.0234. The van der Waals surface area contributed by atoms with E-state index < -0.39 is 0 Å². The zero-order chi connectivity index (χ0) is 27.3. The second-order valence-electron chi connectivity index (χ2n) is 10.8. The lowest BCUT2D eigenvalue weighted by Gasteiger charge is -2.30. The third-order valence-electron chi connectivity index (χ3n) is 6.82. The standard InChI is InChI=1S/C35H48N2/c1-9-16-33(26-25-31(11-3)32-23-21-29(10-2)22-24-32)36-27(4)34(37-28(5)35(6,7)8)20-15-19-30-17-13-12-14-18-30/h9,11-14,16-18,21-24,26,31,34,36-37H,3-5,10,15,19-20,25H2,1-2,6-8H3/b16-9-,33-26+. The van der Waals surface area contributed by atoms with Gasteiger partial charge < -0.3 is 10.6 Å². The molecule has 2 atom stereocenters. The molecule has 2 aromatic carbocycles. The lowest BCUT2D eigenvalue weighted by atomic mass is 9.91. The summed E-state index contributed by atoms with van der Waals surface area (Å²) in [6.45, 7) is 23.7.